The number of pyridine rings is 2. The van der Waals surface area contributed by atoms with E-state index in [1.165, 1.54) is 33.5 Å². The molecular formula is C44H50Cl2N4O5. The van der Waals surface area contributed by atoms with Gasteiger partial charge in [0.1, 0.15) is 0 Å². The molecule has 0 bridgehead atoms. The van der Waals surface area contributed by atoms with Crippen LogP contribution in [-0.4, -0.2) is 66.4 Å². The van der Waals surface area contributed by atoms with Gasteiger partial charge in [-0.05, 0) is 141 Å². The third-order valence-corrected chi connectivity index (χ3v) is 12.4. The largest absolute Gasteiger partial charge is 0.618 e. The Morgan fingerprint density at radius 1 is 0.709 bits per heavy atom. The summed E-state index contributed by atoms with van der Waals surface area (Å²) in [4.78, 5) is 32.5. The zero-order chi connectivity index (χ0) is 38.5. The number of carbonyl (C=O) groups excluding carboxylic acids is 2. The number of aryl methyl sites for hydroxylation is 4. The lowest BCUT2D eigenvalue weighted by molar-refractivity contribution is -0.616. The molecule has 8 rings (SSSR count). The molecule has 55 heavy (non-hydrogen) atoms. The molecule has 2 aromatic heterocycles. The SMILES string of the molecule is CCOC(=O)N1CCC(C2c3ccc(Cl)cc3CCc3ccc[n+]([O-])c32)CC1.CCOC(=O)N1CCC(C2c3ccc(Cl)cc3CCc3cccnc32)CC1. The van der Waals surface area contributed by atoms with Crippen molar-refractivity contribution in [2.75, 3.05) is 39.4 Å². The van der Waals surface area contributed by atoms with Gasteiger partial charge in [-0.1, -0.05) is 41.4 Å². The number of carbonyl (C=O) groups is 2. The molecule has 2 amide bonds. The van der Waals surface area contributed by atoms with Crippen LogP contribution < -0.4 is 4.73 Å². The number of nitrogens with zero attached hydrogens (tertiary/aromatic N) is 4. The van der Waals surface area contributed by atoms with Gasteiger partial charge in [0.15, 0.2) is 6.20 Å². The molecule has 9 nitrogen and oxygen atoms in total. The molecule has 4 aliphatic rings. The molecule has 2 atom stereocenters. The molecule has 290 valence electrons. The van der Waals surface area contributed by atoms with Crippen molar-refractivity contribution < 1.29 is 23.8 Å². The zero-order valence-electron chi connectivity index (χ0n) is 31.7. The van der Waals surface area contributed by atoms with Crippen LogP contribution in [0.25, 0.3) is 0 Å². The molecule has 0 N–H and O–H groups in total. The first kappa shape index (κ1) is 38.9. The van der Waals surface area contributed by atoms with E-state index in [9.17, 15) is 14.8 Å². The van der Waals surface area contributed by atoms with Crippen molar-refractivity contribution in [1.29, 1.82) is 0 Å². The van der Waals surface area contributed by atoms with Gasteiger partial charge in [-0.2, -0.15) is 4.73 Å². The van der Waals surface area contributed by atoms with Gasteiger partial charge in [0, 0.05) is 60.0 Å². The topological polar surface area (TPSA) is 98.9 Å². The molecule has 2 fully saturated rings. The number of amides is 2. The Morgan fingerprint density at radius 3 is 1.76 bits per heavy atom. The standard InChI is InChI=1S/C22H25ClN2O3.C22H25ClN2O2/c1-2-28-22(26)24-12-9-15(10-13-24)20-19-8-7-18(23)14-17(19)6-5-16-4-3-11-25(27)21(16)20;1-2-27-22(26)25-12-9-15(10-13-25)20-19-8-7-18(23)14-17(19)6-5-16-4-3-11-24-21(16)20/h3-4,7-8,11,14-15,20H,2,5-6,9-10,12-13H2,1H3;3-4,7-8,11,14-15,20H,2,5-6,9-10,12-13H2,1H3. The summed E-state index contributed by atoms with van der Waals surface area (Å²) in [6.07, 6.45) is 10.4. The van der Waals surface area contributed by atoms with E-state index in [2.05, 4.69) is 30.3 Å². The molecule has 11 heteroatoms. The second-order valence-electron chi connectivity index (χ2n) is 15.0. The third-order valence-electron chi connectivity index (χ3n) is 11.9. The predicted octanol–water partition coefficient (Wildman–Crippen LogP) is 8.91. The van der Waals surface area contributed by atoms with Crippen LogP contribution in [-0.2, 0) is 35.2 Å². The summed E-state index contributed by atoms with van der Waals surface area (Å²) >= 11 is 12.5. The van der Waals surface area contributed by atoms with E-state index < -0.39 is 0 Å². The average molecular weight is 786 g/mol. The Bertz CT molecular complexity index is 1990. The monoisotopic (exact) mass is 784 g/mol. The summed E-state index contributed by atoms with van der Waals surface area (Å²) in [6, 6.07) is 20.5. The molecule has 0 radical (unpaired) electrons. The van der Waals surface area contributed by atoms with Crippen molar-refractivity contribution in [3.63, 3.8) is 0 Å². The number of aromatic nitrogens is 2. The van der Waals surface area contributed by atoms with Gasteiger partial charge in [-0.25, -0.2) is 9.59 Å². The maximum absolute atomic E-state index is 12.8. The van der Waals surface area contributed by atoms with Crippen molar-refractivity contribution in [3.8, 4) is 0 Å². The summed E-state index contributed by atoms with van der Waals surface area (Å²) in [5.41, 5.74) is 9.62. The summed E-state index contributed by atoms with van der Waals surface area (Å²) in [5.74, 6) is 1.04. The van der Waals surface area contributed by atoms with Gasteiger partial charge in [0.25, 0.3) is 0 Å². The highest BCUT2D eigenvalue weighted by Crippen LogP contribution is 2.44. The Morgan fingerprint density at radius 2 is 1.20 bits per heavy atom. The fraction of sp³-hybridized carbons (Fsp3) is 0.455. The van der Waals surface area contributed by atoms with Crippen LogP contribution in [0.15, 0.2) is 73.1 Å². The summed E-state index contributed by atoms with van der Waals surface area (Å²) in [6.45, 7) is 7.28. The van der Waals surface area contributed by atoms with E-state index in [4.69, 9.17) is 37.7 Å². The minimum atomic E-state index is -0.242. The fourth-order valence-electron chi connectivity index (χ4n) is 9.27. The van der Waals surface area contributed by atoms with Crippen molar-refractivity contribution in [2.45, 2.75) is 77.0 Å². The number of benzene rings is 2. The Labute approximate surface area is 334 Å². The molecule has 2 unspecified atom stereocenters. The number of hydrogen-bond donors (Lipinski definition) is 0. The predicted molar refractivity (Wildman–Crippen MR) is 214 cm³/mol. The van der Waals surface area contributed by atoms with Gasteiger partial charge < -0.3 is 24.5 Å². The minimum Gasteiger partial charge on any atom is -0.618 e. The van der Waals surface area contributed by atoms with Crippen LogP contribution in [0, 0.1) is 17.0 Å². The molecule has 2 aliphatic carbocycles. The van der Waals surface area contributed by atoms with Crippen molar-refractivity contribution in [1.82, 2.24) is 14.8 Å². The first-order chi connectivity index (χ1) is 26.7. The van der Waals surface area contributed by atoms with Gasteiger partial charge in [-0.3, -0.25) is 4.98 Å². The highest BCUT2D eigenvalue weighted by Gasteiger charge is 2.39. The van der Waals surface area contributed by atoms with E-state index in [1.807, 2.05) is 55.3 Å². The summed E-state index contributed by atoms with van der Waals surface area (Å²) in [5, 5.41) is 14.3. The lowest BCUT2D eigenvalue weighted by atomic mass is 9.76. The molecule has 0 spiro atoms. The quantitative estimate of drug-likeness (QED) is 0.152. The normalized spacial score (nSPS) is 19.6. The Balaban J connectivity index is 0.000000169. The van der Waals surface area contributed by atoms with Gasteiger partial charge in [-0.15, -0.1) is 0 Å². The molecule has 4 aromatic rings. The first-order valence-corrected chi connectivity index (χ1v) is 20.6. The van der Waals surface area contributed by atoms with E-state index in [-0.39, 0.29) is 24.0 Å². The van der Waals surface area contributed by atoms with Crippen LogP contribution in [0.1, 0.15) is 96.1 Å². The maximum atomic E-state index is 12.8. The van der Waals surface area contributed by atoms with E-state index in [0.717, 1.165) is 90.5 Å². The maximum Gasteiger partial charge on any atom is 0.409 e. The zero-order valence-corrected chi connectivity index (χ0v) is 33.2. The smallest absolute Gasteiger partial charge is 0.409 e. The molecule has 2 saturated heterocycles. The number of halogens is 2. The summed E-state index contributed by atoms with van der Waals surface area (Å²) in [7, 11) is 0. The molecule has 4 heterocycles. The number of likely N-dealkylation sites (tertiary alicyclic amines) is 2. The lowest BCUT2D eigenvalue weighted by Gasteiger charge is -2.36. The van der Waals surface area contributed by atoms with E-state index >= 15 is 0 Å². The fourth-order valence-corrected chi connectivity index (χ4v) is 9.66. The first-order valence-electron chi connectivity index (χ1n) is 19.8. The summed E-state index contributed by atoms with van der Waals surface area (Å²) < 4.78 is 11.4. The molecular weight excluding hydrogens is 735 g/mol. The second kappa shape index (κ2) is 17.6. The van der Waals surface area contributed by atoms with Gasteiger partial charge in [0.2, 0.25) is 5.69 Å². The van der Waals surface area contributed by atoms with Crippen LogP contribution in [0.4, 0.5) is 9.59 Å². The Kier molecular flexibility index (Phi) is 12.5. The number of rotatable bonds is 4. The highest BCUT2D eigenvalue weighted by atomic mass is 35.5. The van der Waals surface area contributed by atoms with Crippen molar-refractivity contribution >= 4 is 35.4 Å². The minimum absolute atomic E-state index is 0.0211. The second-order valence-corrected chi connectivity index (χ2v) is 15.9. The van der Waals surface area contributed by atoms with Crippen LogP contribution in [0.3, 0.4) is 0 Å². The van der Waals surface area contributed by atoms with E-state index in [1.54, 1.807) is 11.1 Å². The third kappa shape index (κ3) is 8.58. The number of piperidine rings is 2. The van der Waals surface area contributed by atoms with Crippen molar-refractivity contribution in [2.24, 2.45) is 11.8 Å². The van der Waals surface area contributed by atoms with Crippen LogP contribution >= 0.6 is 23.2 Å². The number of hydrogen-bond acceptors (Lipinski definition) is 6. The number of fused-ring (bicyclic) bond motifs is 4. The van der Waals surface area contributed by atoms with Crippen LogP contribution in [0.5, 0.6) is 0 Å². The lowest BCUT2D eigenvalue weighted by Crippen LogP contribution is -2.42. The number of ether oxygens (including phenoxy) is 2. The average Bonchev–Trinajstić information content (AvgIpc) is 3.47. The molecule has 2 aromatic carbocycles. The van der Waals surface area contributed by atoms with Crippen molar-refractivity contribution in [3.05, 3.63) is 133 Å². The Hall–Kier alpha value is -4.34. The van der Waals surface area contributed by atoms with Gasteiger partial charge in [0.05, 0.1) is 24.8 Å². The highest BCUT2D eigenvalue weighted by molar-refractivity contribution is 6.31. The van der Waals surface area contributed by atoms with E-state index in [0.29, 0.717) is 38.1 Å². The molecule has 0 saturated carbocycles. The van der Waals surface area contributed by atoms with Crippen LogP contribution in [0.2, 0.25) is 10.0 Å². The molecule has 2 aliphatic heterocycles. The van der Waals surface area contributed by atoms with Gasteiger partial charge >= 0.3 is 12.2 Å².